The van der Waals surface area contributed by atoms with E-state index in [4.69, 9.17) is 37.0 Å². The maximum absolute atomic E-state index is 13.1. The molecule has 0 amide bonds. The number of hydrogen-bond acceptors (Lipinski definition) is 15. The van der Waals surface area contributed by atoms with E-state index in [0.717, 1.165) is 116 Å². The Hall–Kier alpha value is -2.46. The molecule has 0 bridgehead atoms. The number of esters is 4. The molecule has 0 aliphatic rings. The van der Waals surface area contributed by atoms with Gasteiger partial charge in [-0.2, -0.15) is 0 Å². The summed E-state index contributed by atoms with van der Waals surface area (Å²) in [5.41, 5.74) is 0. The van der Waals surface area contributed by atoms with Crippen LogP contribution in [0.5, 0.6) is 0 Å². The van der Waals surface area contributed by atoms with Gasteiger partial charge in [0.15, 0.2) is 12.2 Å². The third kappa shape index (κ3) is 69.8. The minimum atomic E-state index is -4.96. The van der Waals surface area contributed by atoms with Gasteiger partial charge >= 0.3 is 39.5 Å². The lowest BCUT2D eigenvalue weighted by atomic mass is 10.0. The molecule has 0 aromatic heterocycles. The molecule has 0 aliphatic heterocycles. The number of aliphatic hydroxyl groups excluding tert-OH is 1. The van der Waals surface area contributed by atoms with Crippen molar-refractivity contribution in [3.63, 3.8) is 0 Å². The Bertz CT molecular complexity index is 1930. The fraction of sp³-hybridized carbons (Fsp3) is 0.895. The van der Waals surface area contributed by atoms with Crippen molar-refractivity contribution < 1.29 is 80.2 Å². The van der Waals surface area contributed by atoms with Gasteiger partial charge in [-0.15, -0.1) is 0 Å². The predicted molar refractivity (Wildman–Crippen MR) is 386 cm³/mol. The van der Waals surface area contributed by atoms with Crippen LogP contribution in [-0.4, -0.2) is 96.7 Å². The highest BCUT2D eigenvalue weighted by Gasteiger charge is 2.30. The van der Waals surface area contributed by atoms with Crippen molar-refractivity contribution >= 4 is 39.5 Å². The van der Waals surface area contributed by atoms with Crippen molar-refractivity contribution in [2.45, 2.75) is 387 Å². The SMILES string of the molecule is CCCCCC/C=C\C=C/CCCCCCCC(=O)OC[C@H](COP(=O)(O)OC[C@@H](O)COP(=O)(O)OC[C@@H](COC(=O)CCCCCCCCC(C)C)OC(=O)CCCCCCCCCCC(C)C)OC(=O)CCCCCCCCCCCCCCCCCCCCCC. The van der Waals surface area contributed by atoms with Gasteiger partial charge in [0, 0.05) is 25.7 Å². The van der Waals surface area contributed by atoms with E-state index in [1.165, 1.54) is 161 Å². The van der Waals surface area contributed by atoms with E-state index in [9.17, 15) is 43.2 Å². The molecule has 0 heterocycles. The van der Waals surface area contributed by atoms with Crippen LogP contribution in [0.25, 0.3) is 0 Å². The molecule has 0 fully saturated rings. The van der Waals surface area contributed by atoms with Gasteiger partial charge in [0.1, 0.15) is 19.3 Å². The summed E-state index contributed by atoms with van der Waals surface area (Å²) in [5.74, 6) is -0.757. The van der Waals surface area contributed by atoms with Crippen molar-refractivity contribution in [2.75, 3.05) is 39.6 Å². The van der Waals surface area contributed by atoms with Crippen molar-refractivity contribution in [1.82, 2.24) is 0 Å². The van der Waals surface area contributed by atoms with E-state index in [-0.39, 0.29) is 25.7 Å². The average molecular weight is 1390 g/mol. The smallest absolute Gasteiger partial charge is 0.462 e. The Balaban J connectivity index is 5.24. The van der Waals surface area contributed by atoms with Crippen molar-refractivity contribution in [1.29, 1.82) is 0 Å². The highest BCUT2D eigenvalue weighted by Crippen LogP contribution is 2.45. The van der Waals surface area contributed by atoms with Gasteiger partial charge in [0.05, 0.1) is 26.4 Å². The number of rotatable bonds is 73. The van der Waals surface area contributed by atoms with E-state index in [1.54, 1.807) is 0 Å². The van der Waals surface area contributed by atoms with Gasteiger partial charge < -0.3 is 33.8 Å². The number of allylic oxidation sites excluding steroid dienone is 4. The second-order valence-corrected chi connectivity index (χ2v) is 30.6. The lowest BCUT2D eigenvalue weighted by Gasteiger charge is -2.21. The molecule has 5 atom stereocenters. The minimum Gasteiger partial charge on any atom is -0.462 e. The zero-order chi connectivity index (χ0) is 70.0. The zero-order valence-electron chi connectivity index (χ0n) is 61.5. The van der Waals surface area contributed by atoms with Crippen LogP contribution in [0.2, 0.25) is 0 Å². The van der Waals surface area contributed by atoms with Gasteiger partial charge in [-0.05, 0) is 63.2 Å². The number of unbranched alkanes of at least 4 members (excludes halogenated alkanes) is 40. The molecule has 0 rings (SSSR count). The topological polar surface area (TPSA) is 237 Å². The lowest BCUT2D eigenvalue weighted by molar-refractivity contribution is -0.161. The van der Waals surface area contributed by atoms with Crippen LogP contribution in [-0.2, 0) is 65.4 Å². The van der Waals surface area contributed by atoms with Gasteiger partial charge in [-0.25, -0.2) is 9.13 Å². The van der Waals surface area contributed by atoms with Gasteiger partial charge in [-0.1, -0.05) is 316 Å². The molecule has 2 unspecified atom stereocenters. The van der Waals surface area contributed by atoms with E-state index >= 15 is 0 Å². The molecule has 17 nitrogen and oxygen atoms in total. The van der Waals surface area contributed by atoms with E-state index in [2.05, 4.69) is 65.8 Å². The van der Waals surface area contributed by atoms with Crippen LogP contribution in [0.1, 0.15) is 369 Å². The second kappa shape index (κ2) is 67.4. The molecule has 0 saturated carbocycles. The normalized spacial score (nSPS) is 14.2. The first-order chi connectivity index (χ1) is 45.9. The first-order valence-corrected chi connectivity index (χ1v) is 41.8. The molecular weight excluding hydrogens is 1250 g/mol. The van der Waals surface area contributed by atoms with Gasteiger partial charge in [0.2, 0.25) is 0 Å². The van der Waals surface area contributed by atoms with Crippen LogP contribution in [0, 0.1) is 11.8 Å². The second-order valence-electron chi connectivity index (χ2n) is 27.7. The predicted octanol–water partition coefficient (Wildman–Crippen LogP) is 21.9. The van der Waals surface area contributed by atoms with Gasteiger partial charge in [0.25, 0.3) is 0 Å². The molecule has 0 aliphatic carbocycles. The number of carbonyl (C=O) groups excluding carboxylic acids is 4. The van der Waals surface area contributed by atoms with Crippen molar-refractivity contribution in [3.8, 4) is 0 Å². The summed E-state index contributed by atoms with van der Waals surface area (Å²) in [6.07, 6.45) is 58.0. The lowest BCUT2D eigenvalue weighted by Crippen LogP contribution is -2.30. The van der Waals surface area contributed by atoms with Crippen LogP contribution in [0.3, 0.4) is 0 Å². The molecule has 95 heavy (non-hydrogen) atoms. The summed E-state index contributed by atoms with van der Waals surface area (Å²) < 4.78 is 68.4. The number of carbonyl (C=O) groups is 4. The van der Waals surface area contributed by atoms with E-state index < -0.39 is 97.5 Å². The highest BCUT2D eigenvalue weighted by atomic mass is 31.2. The average Bonchev–Trinajstić information content (AvgIpc) is 1.41. The number of ether oxygens (including phenoxy) is 4. The molecular formula is C76H144O17P2. The standard InChI is InChI=1S/C76H144O17P2/c1-7-9-11-13-15-17-19-21-23-24-25-26-27-29-31-33-35-40-48-54-60-75(80)92-71(64-86-73(78)58-52-46-39-34-32-30-28-22-20-18-16-14-12-10-8-2)66-90-94(82,83)88-62-70(77)63-89-95(84,85)91-67-72(65-87-74(79)59-53-47-43-42-45-51-57-69(5)6)93-76(81)61-55-49-41-37-36-38-44-50-56-68(3)4/h18,20,22,28,68-72,77H,7-17,19,21,23-27,29-67H2,1-6H3,(H,82,83)(H,84,85)/b20-18-,28-22-/t70-,71-,72-/m1/s1. The fourth-order valence-corrected chi connectivity index (χ4v) is 12.7. The summed E-state index contributed by atoms with van der Waals surface area (Å²) in [6.45, 7) is 9.39. The first-order valence-electron chi connectivity index (χ1n) is 38.8. The molecule has 0 saturated heterocycles. The van der Waals surface area contributed by atoms with Crippen LogP contribution in [0.15, 0.2) is 24.3 Å². The monoisotopic (exact) mass is 1390 g/mol. The van der Waals surface area contributed by atoms with Crippen LogP contribution in [0.4, 0.5) is 0 Å². The summed E-state index contributed by atoms with van der Waals surface area (Å²) in [7, 11) is -9.92. The Morgan fingerprint density at radius 3 is 0.863 bits per heavy atom. The minimum absolute atomic E-state index is 0.101. The summed E-state index contributed by atoms with van der Waals surface area (Å²) >= 11 is 0. The molecule has 0 spiro atoms. The highest BCUT2D eigenvalue weighted by molar-refractivity contribution is 7.47. The van der Waals surface area contributed by atoms with Crippen LogP contribution < -0.4 is 0 Å². The Morgan fingerprint density at radius 2 is 0.568 bits per heavy atom. The molecule has 0 aromatic carbocycles. The Kier molecular flexibility index (Phi) is 65.6. The van der Waals surface area contributed by atoms with Crippen molar-refractivity contribution in [2.24, 2.45) is 11.8 Å². The van der Waals surface area contributed by atoms with Gasteiger partial charge in [-0.3, -0.25) is 37.3 Å². The molecule has 3 N–H and O–H groups in total. The quantitative estimate of drug-likeness (QED) is 0.0169. The third-order valence-electron chi connectivity index (χ3n) is 17.1. The third-order valence-corrected chi connectivity index (χ3v) is 19.0. The fourth-order valence-electron chi connectivity index (χ4n) is 11.1. The van der Waals surface area contributed by atoms with E-state index in [0.29, 0.717) is 37.5 Å². The summed E-state index contributed by atoms with van der Waals surface area (Å²) in [6, 6.07) is 0. The summed E-state index contributed by atoms with van der Waals surface area (Å²) in [5, 5.41) is 10.6. The Morgan fingerprint density at radius 1 is 0.326 bits per heavy atom. The van der Waals surface area contributed by atoms with E-state index in [1.807, 2.05) is 0 Å². The van der Waals surface area contributed by atoms with Crippen molar-refractivity contribution in [3.05, 3.63) is 24.3 Å². The largest absolute Gasteiger partial charge is 0.472 e. The molecule has 19 heteroatoms. The number of hydrogen-bond donors (Lipinski definition) is 3. The first kappa shape index (κ1) is 92.5. The maximum Gasteiger partial charge on any atom is 0.472 e. The maximum atomic E-state index is 13.1. The molecule has 560 valence electrons. The number of phosphoric ester groups is 2. The number of phosphoric acid groups is 2. The molecule has 0 aromatic rings. The molecule has 0 radical (unpaired) electrons. The number of aliphatic hydroxyl groups is 1. The zero-order valence-corrected chi connectivity index (χ0v) is 63.2. The van der Waals surface area contributed by atoms with Crippen LogP contribution >= 0.6 is 15.6 Å². The Labute approximate surface area is 580 Å². The summed E-state index contributed by atoms with van der Waals surface area (Å²) in [4.78, 5) is 72.7.